The van der Waals surface area contributed by atoms with Gasteiger partial charge in [-0.1, -0.05) is 46.0 Å². The van der Waals surface area contributed by atoms with Gasteiger partial charge in [0.05, 0.1) is 11.1 Å². The van der Waals surface area contributed by atoms with Gasteiger partial charge in [0.2, 0.25) is 0 Å². The van der Waals surface area contributed by atoms with Crippen molar-refractivity contribution in [2.45, 2.75) is 40.5 Å². The molecule has 2 unspecified atom stereocenters. The van der Waals surface area contributed by atoms with Crippen molar-refractivity contribution >= 4 is 11.8 Å². The molecule has 2 atom stereocenters. The van der Waals surface area contributed by atoms with Crippen molar-refractivity contribution in [2.24, 2.45) is 23.0 Å². The molecular formula is C14H22N2S. The topological polar surface area (TPSA) is 49.8 Å². The van der Waals surface area contributed by atoms with Gasteiger partial charge in [0.15, 0.2) is 0 Å². The molecule has 0 radical (unpaired) electrons. The van der Waals surface area contributed by atoms with Gasteiger partial charge in [-0.15, -0.1) is 0 Å². The highest BCUT2D eigenvalue weighted by molar-refractivity contribution is 8.06. The molecule has 0 bridgehead atoms. The van der Waals surface area contributed by atoms with Crippen molar-refractivity contribution in [3.8, 4) is 6.07 Å². The standard InChI is InChI=1S/C14H22N2S/c1-9(2)14(5)7-10(3)6-13(12(14)8-15)17-11(4)16/h9-10H,4,6-7,16H2,1-3,5H3. The number of rotatable bonds is 3. The van der Waals surface area contributed by atoms with Crippen molar-refractivity contribution in [3.05, 3.63) is 22.1 Å². The number of hydrogen-bond donors (Lipinski definition) is 1. The lowest BCUT2D eigenvalue weighted by atomic mass is 9.64. The van der Waals surface area contributed by atoms with E-state index in [9.17, 15) is 5.26 Å². The van der Waals surface area contributed by atoms with E-state index in [0.717, 1.165) is 23.3 Å². The molecule has 0 heterocycles. The molecule has 3 heteroatoms. The minimum atomic E-state index is -0.0236. The summed E-state index contributed by atoms with van der Waals surface area (Å²) >= 11 is 1.47. The van der Waals surface area contributed by atoms with Gasteiger partial charge in [0, 0.05) is 15.9 Å². The highest BCUT2D eigenvalue weighted by Gasteiger charge is 2.40. The number of hydrogen-bond acceptors (Lipinski definition) is 3. The lowest BCUT2D eigenvalue weighted by Crippen LogP contribution is -2.32. The van der Waals surface area contributed by atoms with Crippen LogP contribution in [0.15, 0.2) is 22.1 Å². The lowest BCUT2D eigenvalue weighted by molar-refractivity contribution is 0.207. The number of thioether (sulfide) groups is 1. The van der Waals surface area contributed by atoms with E-state index in [-0.39, 0.29) is 5.41 Å². The Bertz CT molecular complexity index is 390. The van der Waals surface area contributed by atoms with Crippen molar-refractivity contribution in [1.82, 2.24) is 0 Å². The molecular weight excluding hydrogens is 228 g/mol. The van der Waals surface area contributed by atoms with E-state index in [4.69, 9.17) is 5.73 Å². The van der Waals surface area contributed by atoms with Crippen LogP contribution in [-0.2, 0) is 0 Å². The van der Waals surface area contributed by atoms with Crippen LogP contribution in [0.3, 0.4) is 0 Å². The summed E-state index contributed by atoms with van der Waals surface area (Å²) in [6.07, 6.45) is 2.03. The molecule has 0 aromatic heterocycles. The van der Waals surface area contributed by atoms with Crippen LogP contribution >= 0.6 is 11.8 Å². The summed E-state index contributed by atoms with van der Waals surface area (Å²) < 4.78 is 0. The fourth-order valence-electron chi connectivity index (χ4n) is 2.60. The van der Waals surface area contributed by atoms with Crippen molar-refractivity contribution in [1.29, 1.82) is 5.26 Å². The molecule has 0 fully saturated rings. The Morgan fingerprint density at radius 2 is 2.24 bits per heavy atom. The highest BCUT2D eigenvalue weighted by atomic mass is 32.2. The molecule has 0 saturated heterocycles. The van der Waals surface area contributed by atoms with E-state index in [0.29, 0.717) is 16.9 Å². The van der Waals surface area contributed by atoms with Gasteiger partial charge >= 0.3 is 0 Å². The molecule has 0 aromatic carbocycles. The normalized spacial score (nSPS) is 29.3. The average Bonchev–Trinajstić information content (AvgIpc) is 2.15. The second-order valence-corrected chi connectivity index (χ2v) is 6.79. The van der Waals surface area contributed by atoms with E-state index in [1.165, 1.54) is 11.8 Å². The summed E-state index contributed by atoms with van der Waals surface area (Å²) in [5.41, 5.74) is 6.57. The van der Waals surface area contributed by atoms with Crippen molar-refractivity contribution in [2.75, 3.05) is 0 Å². The van der Waals surface area contributed by atoms with Crippen LogP contribution in [0.1, 0.15) is 40.5 Å². The van der Waals surface area contributed by atoms with Gasteiger partial charge in [-0.2, -0.15) is 5.26 Å². The van der Waals surface area contributed by atoms with E-state index in [1.807, 2.05) is 0 Å². The number of nitriles is 1. The maximum atomic E-state index is 9.45. The second kappa shape index (κ2) is 5.18. The van der Waals surface area contributed by atoms with Crippen LogP contribution < -0.4 is 5.73 Å². The maximum Gasteiger partial charge on any atom is 0.0961 e. The summed E-state index contributed by atoms with van der Waals surface area (Å²) in [6.45, 7) is 12.6. The first-order valence-electron chi connectivity index (χ1n) is 6.07. The Kier molecular flexibility index (Phi) is 4.32. The van der Waals surface area contributed by atoms with E-state index < -0.39 is 0 Å². The predicted octanol–water partition coefficient (Wildman–Crippen LogP) is 4.02. The Labute approximate surface area is 109 Å². The summed E-state index contributed by atoms with van der Waals surface area (Å²) in [4.78, 5) is 1.12. The van der Waals surface area contributed by atoms with E-state index in [2.05, 4.69) is 40.3 Å². The van der Waals surface area contributed by atoms with Crippen LogP contribution in [0.4, 0.5) is 0 Å². The molecule has 1 aliphatic carbocycles. The second-order valence-electron chi connectivity index (χ2n) is 5.56. The van der Waals surface area contributed by atoms with Crippen LogP contribution in [0.5, 0.6) is 0 Å². The molecule has 2 nitrogen and oxygen atoms in total. The van der Waals surface area contributed by atoms with Crippen molar-refractivity contribution in [3.63, 3.8) is 0 Å². The lowest BCUT2D eigenvalue weighted by Gasteiger charge is -2.41. The number of nitrogens with two attached hydrogens (primary N) is 1. The highest BCUT2D eigenvalue weighted by Crippen LogP contribution is 2.50. The first-order chi connectivity index (χ1) is 7.81. The van der Waals surface area contributed by atoms with Crippen molar-refractivity contribution < 1.29 is 0 Å². The molecule has 2 N–H and O–H groups in total. The number of nitrogens with zero attached hydrogens (tertiary/aromatic N) is 1. The monoisotopic (exact) mass is 250 g/mol. The largest absolute Gasteiger partial charge is 0.394 e. The molecule has 0 aliphatic heterocycles. The van der Waals surface area contributed by atoms with E-state index in [1.54, 1.807) is 0 Å². The van der Waals surface area contributed by atoms with Gasteiger partial charge in [0.25, 0.3) is 0 Å². The zero-order chi connectivity index (χ0) is 13.2. The molecule has 17 heavy (non-hydrogen) atoms. The SMILES string of the molecule is C=C(N)SC1=C(C#N)C(C)(C(C)C)CC(C)C1. The molecule has 1 aliphatic rings. The Morgan fingerprint density at radius 3 is 2.65 bits per heavy atom. The van der Waals surface area contributed by atoms with Crippen LogP contribution in [0.2, 0.25) is 0 Å². The van der Waals surface area contributed by atoms with Crippen LogP contribution in [0, 0.1) is 28.6 Å². The Balaban J connectivity index is 3.24. The quantitative estimate of drug-likeness (QED) is 0.823. The third-order valence-corrected chi connectivity index (χ3v) is 4.68. The zero-order valence-corrected chi connectivity index (χ0v) is 12.0. The van der Waals surface area contributed by atoms with E-state index >= 15 is 0 Å². The molecule has 1 rings (SSSR count). The van der Waals surface area contributed by atoms with Gasteiger partial charge < -0.3 is 5.73 Å². The minimum Gasteiger partial charge on any atom is -0.394 e. The molecule has 0 saturated carbocycles. The van der Waals surface area contributed by atoms with Gasteiger partial charge in [-0.05, 0) is 24.7 Å². The predicted molar refractivity (Wildman–Crippen MR) is 74.9 cm³/mol. The minimum absolute atomic E-state index is 0.0236. The zero-order valence-electron chi connectivity index (χ0n) is 11.2. The smallest absolute Gasteiger partial charge is 0.0961 e. The Hall–Kier alpha value is -0.880. The Morgan fingerprint density at radius 1 is 1.65 bits per heavy atom. The maximum absolute atomic E-state index is 9.45. The number of allylic oxidation sites excluding steroid dienone is 2. The third-order valence-electron chi connectivity index (χ3n) is 3.80. The summed E-state index contributed by atoms with van der Waals surface area (Å²) in [5, 5.41) is 10.0. The van der Waals surface area contributed by atoms with Gasteiger partial charge in [-0.3, -0.25) is 0 Å². The third kappa shape index (κ3) is 2.87. The molecule has 0 aromatic rings. The van der Waals surface area contributed by atoms with Crippen LogP contribution in [0.25, 0.3) is 0 Å². The fraction of sp³-hybridized carbons (Fsp3) is 0.643. The summed E-state index contributed by atoms with van der Waals surface area (Å²) in [5.74, 6) is 1.06. The molecule has 0 spiro atoms. The summed E-state index contributed by atoms with van der Waals surface area (Å²) in [7, 11) is 0. The first kappa shape index (κ1) is 14.2. The first-order valence-corrected chi connectivity index (χ1v) is 6.88. The average molecular weight is 250 g/mol. The van der Waals surface area contributed by atoms with Gasteiger partial charge in [-0.25, -0.2) is 0 Å². The molecule has 94 valence electrons. The van der Waals surface area contributed by atoms with Gasteiger partial charge in [0.1, 0.15) is 0 Å². The summed E-state index contributed by atoms with van der Waals surface area (Å²) in [6, 6.07) is 2.41. The molecule has 0 amide bonds. The van der Waals surface area contributed by atoms with Crippen LogP contribution in [-0.4, -0.2) is 0 Å². The fourth-order valence-corrected chi connectivity index (χ4v) is 3.67.